The van der Waals surface area contributed by atoms with Gasteiger partial charge in [0, 0.05) is 30.1 Å². The Kier molecular flexibility index (Phi) is 8.98. The van der Waals surface area contributed by atoms with E-state index in [0.717, 1.165) is 5.56 Å². The van der Waals surface area contributed by atoms with Crippen LogP contribution in [0.3, 0.4) is 0 Å². The Hall–Kier alpha value is -3.06. The molecule has 0 saturated heterocycles. The molecule has 0 aliphatic carbocycles. The minimum Gasteiger partial charge on any atom is -0.434 e. The third kappa shape index (κ3) is 8.23. The van der Waals surface area contributed by atoms with Gasteiger partial charge in [-0.05, 0) is 55.3 Å². The van der Waals surface area contributed by atoms with Gasteiger partial charge < -0.3 is 20.1 Å². The van der Waals surface area contributed by atoms with Crippen molar-refractivity contribution < 1.29 is 23.9 Å². The lowest BCUT2D eigenvalue weighted by Crippen LogP contribution is -2.34. The van der Waals surface area contributed by atoms with E-state index in [2.05, 4.69) is 15.4 Å². The molecule has 2 aromatic rings. The van der Waals surface area contributed by atoms with Gasteiger partial charge in [-0.15, -0.1) is 0 Å². The number of amides is 2. The molecule has 0 aliphatic heterocycles. The van der Waals surface area contributed by atoms with Crippen molar-refractivity contribution >= 4 is 29.6 Å². The second-order valence-corrected chi connectivity index (χ2v) is 6.48. The molecule has 0 saturated carbocycles. The van der Waals surface area contributed by atoms with Gasteiger partial charge in [0.1, 0.15) is 5.75 Å². The van der Waals surface area contributed by atoms with Gasteiger partial charge >= 0.3 is 6.16 Å². The molecule has 0 unspecified atom stereocenters. The highest BCUT2D eigenvalue weighted by Crippen LogP contribution is 2.13. The molecule has 0 spiro atoms. The molecular weight excluding hydrogens is 396 g/mol. The van der Waals surface area contributed by atoms with Crippen LogP contribution >= 0.6 is 11.6 Å². The molecule has 29 heavy (non-hydrogen) atoms. The number of rotatable bonds is 9. The van der Waals surface area contributed by atoms with E-state index in [1.165, 1.54) is 24.3 Å². The Balaban J connectivity index is 1.66. The summed E-state index contributed by atoms with van der Waals surface area (Å²) in [7, 11) is 0. The average Bonchev–Trinajstić information content (AvgIpc) is 2.70. The number of carbonyl (C=O) groups excluding carboxylic acids is 3. The minimum absolute atomic E-state index is 0.0975. The first-order chi connectivity index (χ1) is 14.0. The SMILES string of the molecule is CCOC(=O)Oc1ccc(C(=O)NCCNC(=O)CCc2cccc(Cl)c2)cc1. The zero-order valence-corrected chi connectivity index (χ0v) is 16.8. The first kappa shape index (κ1) is 22.2. The quantitative estimate of drug-likeness (QED) is 0.370. The van der Waals surface area contributed by atoms with Gasteiger partial charge in [0.25, 0.3) is 5.91 Å². The van der Waals surface area contributed by atoms with Crippen LogP contribution < -0.4 is 15.4 Å². The summed E-state index contributed by atoms with van der Waals surface area (Å²) in [5.74, 6) is -0.104. The topological polar surface area (TPSA) is 93.7 Å². The first-order valence-corrected chi connectivity index (χ1v) is 9.59. The van der Waals surface area contributed by atoms with E-state index in [1.54, 1.807) is 13.0 Å². The van der Waals surface area contributed by atoms with Crippen LogP contribution in [0, 0.1) is 0 Å². The Bertz CT molecular complexity index is 839. The zero-order valence-electron chi connectivity index (χ0n) is 16.1. The molecule has 0 heterocycles. The van der Waals surface area contributed by atoms with Crippen LogP contribution in [0.5, 0.6) is 5.75 Å². The summed E-state index contributed by atoms with van der Waals surface area (Å²) < 4.78 is 9.60. The van der Waals surface area contributed by atoms with E-state index in [4.69, 9.17) is 16.3 Å². The van der Waals surface area contributed by atoms with Crippen molar-refractivity contribution in [3.63, 3.8) is 0 Å². The van der Waals surface area contributed by atoms with Gasteiger partial charge in [-0.1, -0.05) is 23.7 Å². The lowest BCUT2D eigenvalue weighted by Gasteiger charge is -2.08. The number of hydrogen-bond acceptors (Lipinski definition) is 5. The largest absolute Gasteiger partial charge is 0.513 e. The van der Waals surface area contributed by atoms with E-state index < -0.39 is 6.16 Å². The number of hydrogen-bond donors (Lipinski definition) is 2. The molecule has 0 radical (unpaired) electrons. The second-order valence-electron chi connectivity index (χ2n) is 6.05. The second kappa shape index (κ2) is 11.7. The Labute approximate surface area is 174 Å². The highest BCUT2D eigenvalue weighted by molar-refractivity contribution is 6.30. The summed E-state index contributed by atoms with van der Waals surface area (Å²) in [6, 6.07) is 13.5. The van der Waals surface area contributed by atoms with Gasteiger partial charge in [-0.25, -0.2) is 4.79 Å². The zero-order chi connectivity index (χ0) is 21.1. The smallest absolute Gasteiger partial charge is 0.434 e. The van der Waals surface area contributed by atoms with E-state index in [1.807, 2.05) is 18.2 Å². The lowest BCUT2D eigenvalue weighted by molar-refractivity contribution is -0.121. The maximum atomic E-state index is 12.1. The van der Waals surface area contributed by atoms with Crippen LogP contribution in [0.25, 0.3) is 0 Å². The van der Waals surface area contributed by atoms with Gasteiger partial charge in [0.2, 0.25) is 5.91 Å². The number of carbonyl (C=O) groups is 3. The van der Waals surface area contributed by atoms with Crippen molar-refractivity contribution in [1.29, 1.82) is 0 Å². The third-order valence-corrected chi connectivity index (χ3v) is 4.08. The van der Waals surface area contributed by atoms with Crippen LogP contribution in [0.15, 0.2) is 48.5 Å². The van der Waals surface area contributed by atoms with E-state index in [9.17, 15) is 14.4 Å². The molecule has 2 amide bonds. The molecule has 154 valence electrons. The molecule has 0 bridgehead atoms. The third-order valence-electron chi connectivity index (χ3n) is 3.84. The number of aryl methyl sites for hydroxylation is 1. The minimum atomic E-state index is -0.796. The molecule has 0 atom stereocenters. The summed E-state index contributed by atoms with van der Waals surface area (Å²) in [6.45, 7) is 2.51. The summed E-state index contributed by atoms with van der Waals surface area (Å²) >= 11 is 5.92. The summed E-state index contributed by atoms with van der Waals surface area (Å²) in [6.07, 6.45) is 0.144. The normalized spacial score (nSPS) is 10.1. The molecule has 2 rings (SSSR count). The Morgan fingerprint density at radius 3 is 2.41 bits per heavy atom. The molecule has 0 aromatic heterocycles. The molecule has 2 N–H and O–H groups in total. The summed E-state index contributed by atoms with van der Waals surface area (Å²) in [4.78, 5) is 35.2. The molecule has 8 heteroatoms. The summed E-state index contributed by atoms with van der Waals surface area (Å²) in [5, 5.41) is 6.12. The highest BCUT2D eigenvalue weighted by Gasteiger charge is 2.08. The Morgan fingerprint density at radius 1 is 1.00 bits per heavy atom. The van der Waals surface area contributed by atoms with Crippen molar-refractivity contribution in [1.82, 2.24) is 10.6 Å². The predicted molar refractivity (Wildman–Crippen MR) is 109 cm³/mol. The van der Waals surface area contributed by atoms with Gasteiger partial charge in [-0.2, -0.15) is 0 Å². The number of nitrogens with one attached hydrogen (secondary N) is 2. The fourth-order valence-electron chi connectivity index (χ4n) is 2.44. The highest BCUT2D eigenvalue weighted by atomic mass is 35.5. The van der Waals surface area contributed by atoms with Crippen molar-refractivity contribution in [2.75, 3.05) is 19.7 Å². The maximum Gasteiger partial charge on any atom is 0.513 e. The standard InChI is InChI=1S/C21H23ClN2O5/c1-2-28-21(27)29-18-9-7-16(8-10-18)20(26)24-13-12-23-19(25)11-6-15-4-3-5-17(22)14-15/h3-5,7-10,14H,2,6,11-13H2,1H3,(H,23,25)(H,24,26). The van der Waals surface area contributed by atoms with E-state index in [-0.39, 0.29) is 24.2 Å². The molecule has 0 aliphatic rings. The first-order valence-electron chi connectivity index (χ1n) is 9.22. The van der Waals surface area contributed by atoms with Gasteiger partial charge in [0.15, 0.2) is 0 Å². The van der Waals surface area contributed by atoms with Crippen LogP contribution in [-0.2, 0) is 16.0 Å². The van der Waals surface area contributed by atoms with Crippen LogP contribution in [-0.4, -0.2) is 37.7 Å². The van der Waals surface area contributed by atoms with Gasteiger partial charge in [0.05, 0.1) is 6.61 Å². The van der Waals surface area contributed by atoms with Crippen LogP contribution in [0.2, 0.25) is 5.02 Å². The number of ether oxygens (including phenoxy) is 2. The molecule has 7 nitrogen and oxygen atoms in total. The van der Waals surface area contributed by atoms with Crippen molar-refractivity contribution in [2.24, 2.45) is 0 Å². The van der Waals surface area contributed by atoms with Crippen molar-refractivity contribution in [3.8, 4) is 5.75 Å². The Morgan fingerprint density at radius 2 is 1.72 bits per heavy atom. The van der Waals surface area contributed by atoms with Crippen LogP contribution in [0.1, 0.15) is 29.3 Å². The lowest BCUT2D eigenvalue weighted by atomic mass is 10.1. The van der Waals surface area contributed by atoms with E-state index >= 15 is 0 Å². The maximum absolute atomic E-state index is 12.1. The van der Waals surface area contributed by atoms with Crippen LogP contribution in [0.4, 0.5) is 4.79 Å². The predicted octanol–water partition coefficient (Wildman–Crippen LogP) is 3.35. The fourth-order valence-corrected chi connectivity index (χ4v) is 2.65. The monoisotopic (exact) mass is 418 g/mol. The van der Waals surface area contributed by atoms with Gasteiger partial charge in [-0.3, -0.25) is 9.59 Å². The molecular formula is C21H23ClN2O5. The molecule has 2 aromatic carbocycles. The number of halogens is 1. The van der Waals surface area contributed by atoms with Crippen molar-refractivity contribution in [2.45, 2.75) is 19.8 Å². The van der Waals surface area contributed by atoms with Crippen molar-refractivity contribution in [3.05, 3.63) is 64.7 Å². The summed E-state index contributed by atoms with van der Waals surface area (Å²) in [5.41, 5.74) is 1.41. The van der Waals surface area contributed by atoms with E-state index in [0.29, 0.717) is 36.5 Å². The fraction of sp³-hybridized carbons (Fsp3) is 0.286. The number of benzene rings is 2. The molecule has 0 fully saturated rings. The average molecular weight is 419 g/mol.